The summed E-state index contributed by atoms with van der Waals surface area (Å²) in [6, 6.07) is 9.96. The number of hydrogen-bond acceptors (Lipinski definition) is 6. The maximum Gasteiger partial charge on any atom is 0.245 e. The molecule has 0 amide bonds. The molecule has 3 aromatic rings. The summed E-state index contributed by atoms with van der Waals surface area (Å²) < 4.78 is 5.23. The zero-order valence-electron chi connectivity index (χ0n) is 13.4. The molecule has 0 atom stereocenters. The standard InChI is InChI=1S/C17H19N5O/c1-11(2)17-21-16(23-22-17)10-19-14-6-4-5-13(9-14)15-7-8-18-12(3)20-15/h4-9,11,19H,10H2,1-3H3. The highest BCUT2D eigenvalue weighted by Crippen LogP contribution is 2.21. The predicted octanol–water partition coefficient (Wildman–Crippen LogP) is 3.57. The smallest absolute Gasteiger partial charge is 0.245 e. The van der Waals surface area contributed by atoms with E-state index in [9.17, 15) is 0 Å². The van der Waals surface area contributed by atoms with E-state index in [1.165, 1.54) is 0 Å². The van der Waals surface area contributed by atoms with Crippen LogP contribution in [0.4, 0.5) is 5.69 Å². The zero-order chi connectivity index (χ0) is 16.2. The van der Waals surface area contributed by atoms with Crippen molar-refractivity contribution in [3.8, 4) is 11.3 Å². The Balaban J connectivity index is 1.72. The lowest BCUT2D eigenvalue weighted by molar-refractivity contribution is 0.376. The molecule has 0 saturated heterocycles. The van der Waals surface area contributed by atoms with E-state index in [1.807, 2.05) is 51.1 Å². The van der Waals surface area contributed by atoms with E-state index >= 15 is 0 Å². The van der Waals surface area contributed by atoms with Crippen LogP contribution in [0, 0.1) is 6.92 Å². The summed E-state index contributed by atoms with van der Waals surface area (Å²) in [6.45, 7) is 6.45. The zero-order valence-corrected chi connectivity index (χ0v) is 13.4. The summed E-state index contributed by atoms with van der Waals surface area (Å²) in [5.41, 5.74) is 2.91. The molecule has 0 saturated carbocycles. The van der Waals surface area contributed by atoms with Crippen molar-refractivity contribution in [2.24, 2.45) is 0 Å². The van der Waals surface area contributed by atoms with Crippen molar-refractivity contribution in [3.05, 3.63) is 54.1 Å². The van der Waals surface area contributed by atoms with Gasteiger partial charge in [0.2, 0.25) is 5.89 Å². The van der Waals surface area contributed by atoms with Crippen LogP contribution in [0.15, 0.2) is 41.1 Å². The molecule has 0 radical (unpaired) electrons. The minimum Gasteiger partial charge on any atom is -0.376 e. The molecule has 0 fully saturated rings. The lowest BCUT2D eigenvalue weighted by Crippen LogP contribution is -2.00. The quantitative estimate of drug-likeness (QED) is 0.776. The monoisotopic (exact) mass is 309 g/mol. The second-order valence-corrected chi connectivity index (χ2v) is 5.62. The number of nitrogens with one attached hydrogen (secondary N) is 1. The maximum absolute atomic E-state index is 5.23. The van der Waals surface area contributed by atoms with Gasteiger partial charge in [0.05, 0.1) is 12.2 Å². The van der Waals surface area contributed by atoms with Gasteiger partial charge in [-0.15, -0.1) is 0 Å². The predicted molar refractivity (Wildman–Crippen MR) is 87.9 cm³/mol. The first-order valence-corrected chi connectivity index (χ1v) is 7.58. The molecular weight excluding hydrogens is 290 g/mol. The molecule has 23 heavy (non-hydrogen) atoms. The van der Waals surface area contributed by atoms with Crippen LogP contribution in [0.1, 0.15) is 37.3 Å². The van der Waals surface area contributed by atoms with E-state index in [1.54, 1.807) is 6.20 Å². The third-order valence-electron chi connectivity index (χ3n) is 3.38. The Morgan fingerprint density at radius 3 is 2.78 bits per heavy atom. The molecule has 0 unspecified atom stereocenters. The van der Waals surface area contributed by atoms with E-state index in [4.69, 9.17) is 4.52 Å². The minimum atomic E-state index is 0.261. The van der Waals surface area contributed by atoms with Crippen LogP contribution < -0.4 is 5.32 Å². The molecule has 6 nitrogen and oxygen atoms in total. The third kappa shape index (κ3) is 3.71. The number of aromatic nitrogens is 4. The van der Waals surface area contributed by atoms with Gasteiger partial charge in [0, 0.05) is 23.4 Å². The molecule has 0 aliphatic heterocycles. The number of benzene rings is 1. The largest absolute Gasteiger partial charge is 0.376 e. The molecule has 118 valence electrons. The fourth-order valence-corrected chi connectivity index (χ4v) is 2.16. The molecule has 1 N–H and O–H groups in total. The third-order valence-corrected chi connectivity index (χ3v) is 3.38. The maximum atomic E-state index is 5.23. The highest BCUT2D eigenvalue weighted by atomic mass is 16.5. The van der Waals surface area contributed by atoms with E-state index in [0.29, 0.717) is 12.4 Å². The van der Waals surface area contributed by atoms with Gasteiger partial charge in [-0.25, -0.2) is 9.97 Å². The number of aryl methyl sites for hydroxylation is 1. The SMILES string of the molecule is Cc1nccc(-c2cccc(NCc3nc(C(C)C)no3)c2)n1. The first-order valence-electron chi connectivity index (χ1n) is 7.58. The molecule has 2 heterocycles. The van der Waals surface area contributed by atoms with Crippen LogP contribution in [0.25, 0.3) is 11.3 Å². The summed E-state index contributed by atoms with van der Waals surface area (Å²) in [7, 11) is 0. The second kappa shape index (κ2) is 6.56. The normalized spacial score (nSPS) is 11.0. The fraction of sp³-hybridized carbons (Fsp3) is 0.294. The van der Waals surface area contributed by atoms with Crippen molar-refractivity contribution < 1.29 is 4.52 Å². The Morgan fingerprint density at radius 2 is 2.04 bits per heavy atom. The van der Waals surface area contributed by atoms with Crippen molar-refractivity contribution in [2.75, 3.05) is 5.32 Å². The van der Waals surface area contributed by atoms with Gasteiger partial charge >= 0.3 is 0 Å². The molecule has 2 aromatic heterocycles. The van der Waals surface area contributed by atoms with Crippen LogP contribution in [0.3, 0.4) is 0 Å². The molecule has 0 bridgehead atoms. The number of rotatable bonds is 5. The lowest BCUT2D eigenvalue weighted by atomic mass is 10.1. The molecule has 6 heteroatoms. The average Bonchev–Trinajstić information content (AvgIpc) is 3.02. The Hall–Kier alpha value is -2.76. The molecule has 3 rings (SSSR count). The van der Waals surface area contributed by atoms with Crippen molar-refractivity contribution in [2.45, 2.75) is 33.2 Å². The van der Waals surface area contributed by atoms with Gasteiger partial charge in [-0.1, -0.05) is 31.1 Å². The summed E-state index contributed by atoms with van der Waals surface area (Å²) >= 11 is 0. The Kier molecular flexibility index (Phi) is 4.32. The van der Waals surface area contributed by atoms with Crippen molar-refractivity contribution >= 4 is 5.69 Å². The Labute approximate surface area is 135 Å². The lowest BCUT2D eigenvalue weighted by Gasteiger charge is -2.06. The van der Waals surface area contributed by atoms with Crippen LogP contribution in [0.5, 0.6) is 0 Å². The van der Waals surface area contributed by atoms with Gasteiger partial charge in [-0.2, -0.15) is 4.98 Å². The first kappa shape index (κ1) is 15.1. The first-order chi connectivity index (χ1) is 11.1. The Bertz CT molecular complexity index is 797. The van der Waals surface area contributed by atoms with Crippen molar-refractivity contribution in [1.29, 1.82) is 0 Å². The number of hydrogen-bond donors (Lipinski definition) is 1. The van der Waals surface area contributed by atoms with Crippen LogP contribution in [0.2, 0.25) is 0 Å². The number of nitrogens with zero attached hydrogens (tertiary/aromatic N) is 4. The molecule has 0 aliphatic rings. The molecule has 0 spiro atoms. The summed E-state index contributed by atoms with van der Waals surface area (Å²) in [4.78, 5) is 12.9. The van der Waals surface area contributed by atoms with Crippen LogP contribution in [-0.2, 0) is 6.54 Å². The van der Waals surface area contributed by atoms with Crippen molar-refractivity contribution in [3.63, 3.8) is 0 Å². The summed E-state index contributed by atoms with van der Waals surface area (Å²) in [5, 5.41) is 7.26. The van der Waals surface area contributed by atoms with Gasteiger partial charge in [0.1, 0.15) is 5.82 Å². The van der Waals surface area contributed by atoms with Gasteiger partial charge in [-0.3, -0.25) is 0 Å². The van der Waals surface area contributed by atoms with E-state index in [2.05, 4.69) is 25.4 Å². The van der Waals surface area contributed by atoms with E-state index in [-0.39, 0.29) is 5.92 Å². The average molecular weight is 309 g/mol. The minimum absolute atomic E-state index is 0.261. The van der Waals surface area contributed by atoms with Gasteiger partial charge in [-0.05, 0) is 25.1 Å². The Morgan fingerprint density at radius 1 is 1.17 bits per heavy atom. The summed E-state index contributed by atoms with van der Waals surface area (Å²) in [5.74, 6) is 2.33. The van der Waals surface area contributed by atoms with Crippen LogP contribution in [-0.4, -0.2) is 20.1 Å². The topological polar surface area (TPSA) is 76.7 Å². The van der Waals surface area contributed by atoms with Gasteiger partial charge in [0.15, 0.2) is 5.82 Å². The van der Waals surface area contributed by atoms with Gasteiger partial charge < -0.3 is 9.84 Å². The van der Waals surface area contributed by atoms with Crippen LogP contribution >= 0.6 is 0 Å². The second-order valence-electron chi connectivity index (χ2n) is 5.62. The molecular formula is C17H19N5O. The van der Waals surface area contributed by atoms with E-state index in [0.717, 1.165) is 28.6 Å². The molecule has 1 aromatic carbocycles. The van der Waals surface area contributed by atoms with E-state index < -0.39 is 0 Å². The highest BCUT2D eigenvalue weighted by Gasteiger charge is 2.09. The summed E-state index contributed by atoms with van der Waals surface area (Å²) in [6.07, 6.45) is 1.77. The highest BCUT2D eigenvalue weighted by molar-refractivity contribution is 5.64. The fourth-order valence-electron chi connectivity index (χ4n) is 2.16. The van der Waals surface area contributed by atoms with Crippen molar-refractivity contribution in [1.82, 2.24) is 20.1 Å². The van der Waals surface area contributed by atoms with Gasteiger partial charge in [0.25, 0.3) is 0 Å². The number of anilines is 1. The molecule has 0 aliphatic carbocycles.